The van der Waals surface area contributed by atoms with Crippen molar-refractivity contribution >= 4 is 16.9 Å². The molecule has 4 nitrogen and oxygen atoms in total. The van der Waals surface area contributed by atoms with Crippen molar-refractivity contribution in [3.05, 3.63) is 47.8 Å². The van der Waals surface area contributed by atoms with Crippen molar-refractivity contribution in [2.45, 2.75) is 6.92 Å². The fourth-order valence-corrected chi connectivity index (χ4v) is 2.51. The highest BCUT2D eigenvalue weighted by Gasteiger charge is 2.15. The highest BCUT2D eigenvalue weighted by atomic mass is 16.4. The van der Waals surface area contributed by atoms with Crippen molar-refractivity contribution < 1.29 is 9.90 Å². The maximum absolute atomic E-state index is 11.1. The number of rotatable bonds is 2. The van der Waals surface area contributed by atoms with Gasteiger partial charge in [0.05, 0.1) is 5.69 Å². The zero-order valence-corrected chi connectivity index (χ0v) is 10.8. The summed E-state index contributed by atoms with van der Waals surface area (Å²) in [5.41, 5.74) is 4.48. The molecule has 0 aliphatic rings. The first-order valence-electron chi connectivity index (χ1n) is 6.05. The number of fused-ring (bicyclic) bond motifs is 1. The van der Waals surface area contributed by atoms with Crippen LogP contribution in [0.1, 0.15) is 16.1 Å². The van der Waals surface area contributed by atoms with Gasteiger partial charge in [0.15, 0.2) is 0 Å². The monoisotopic (exact) mass is 254 g/mol. The van der Waals surface area contributed by atoms with E-state index in [2.05, 4.69) is 18.0 Å². The number of carboxylic acid groups (broad SMARTS) is 1. The Morgan fingerprint density at radius 1 is 1.26 bits per heavy atom. The van der Waals surface area contributed by atoms with E-state index in [1.807, 2.05) is 24.4 Å². The number of aromatic carboxylic acids is 1. The number of benzene rings is 1. The second kappa shape index (κ2) is 4.02. The molecule has 2 aromatic heterocycles. The summed E-state index contributed by atoms with van der Waals surface area (Å²) in [5.74, 6) is -0.912. The number of hydrogen-bond donors (Lipinski definition) is 2. The van der Waals surface area contributed by atoms with E-state index in [1.165, 1.54) is 5.56 Å². The van der Waals surface area contributed by atoms with Crippen LogP contribution < -0.4 is 0 Å². The molecule has 0 spiro atoms. The number of para-hydroxylation sites is 1. The van der Waals surface area contributed by atoms with Gasteiger partial charge in [-0.3, -0.25) is 0 Å². The molecule has 0 saturated heterocycles. The van der Waals surface area contributed by atoms with E-state index in [1.54, 1.807) is 17.7 Å². The molecule has 0 unspecified atom stereocenters. The van der Waals surface area contributed by atoms with Crippen molar-refractivity contribution in [1.82, 2.24) is 9.55 Å². The molecule has 0 aliphatic carbocycles. The quantitative estimate of drug-likeness (QED) is 0.738. The van der Waals surface area contributed by atoms with E-state index in [4.69, 9.17) is 5.11 Å². The predicted molar refractivity (Wildman–Crippen MR) is 74.4 cm³/mol. The van der Waals surface area contributed by atoms with Gasteiger partial charge in [0.2, 0.25) is 0 Å². The molecule has 1 aromatic carbocycles. The Morgan fingerprint density at radius 3 is 2.74 bits per heavy atom. The van der Waals surface area contributed by atoms with E-state index >= 15 is 0 Å². The summed E-state index contributed by atoms with van der Waals surface area (Å²) in [6, 6.07) is 9.58. The van der Waals surface area contributed by atoms with Crippen LogP contribution >= 0.6 is 0 Å². The van der Waals surface area contributed by atoms with Crippen molar-refractivity contribution in [3.8, 4) is 11.3 Å². The van der Waals surface area contributed by atoms with Gasteiger partial charge in [-0.15, -0.1) is 0 Å². The minimum atomic E-state index is -0.912. The van der Waals surface area contributed by atoms with Crippen molar-refractivity contribution in [1.29, 1.82) is 0 Å². The highest BCUT2D eigenvalue weighted by molar-refractivity contribution is 5.97. The third-order valence-corrected chi connectivity index (χ3v) is 3.54. The lowest BCUT2D eigenvalue weighted by Crippen LogP contribution is -2.04. The lowest BCUT2D eigenvalue weighted by atomic mass is 10.1. The highest BCUT2D eigenvalue weighted by Crippen LogP contribution is 2.30. The SMILES string of the molecule is Cc1cccc2c(-c3ccc(C(=O)O)n3C)c[nH]c12. The zero-order chi connectivity index (χ0) is 13.6. The maximum atomic E-state index is 11.1. The van der Waals surface area contributed by atoms with Gasteiger partial charge in [-0.1, -0.05) is 18.2 Å². The van der Waals surface area contributed by atoms with Crippen LogP contribution in [0.2, 0.25) is 0 Å². The van der Waals surface area contributed by atoms with Gasteiger partial charge in [-0.2, -0.15) is 0 Å². The molecule has 0 radical (unpaired) electrons. The number of aromatic nitrogens is 2. The summed E-state index contributed by atoms with van der Waals surface area (Å²) in [6.07, 6.45) is 1.93. The van der Waals surface area contributed by atoms with Gasteiger partial charge in [0.1, 0.15) is 5.69 Å². The van der Waals surface area contributed by atoms with E-state index in [0.29, 0.717) is 0 Å². The van der Waals surface area contributed by atoms with Gasteiger partial charge in [-0.05, 0) is 24.6 Å². The molecule has 0 atom stereocenters. The Hall–Kier alpha value is -2.49. The van der Waals surface area contributed by atoms with Crippen molar-refractivity contribution in [2.75, 3.05) is 0 Å². The molecule has 2 heterocycles. The molecule has 4 heteroatoms. The van der Waals surface area contributed by atoms with Crippen molar-refractivity contribution in [3.63, 3.8) is 0 Å². The van der Waals surface area contributed by atoms with Crippen LogP contribution in [0.3, 0.4) is 0 Å². The lowest BCUT2D eigenvalue weighted by Gasteiger charge is -2.04. The van der Waals surface area contributed by atoms with E-state index in [0.717, 1.165) is 22.2 Å². The average Bonchev–Trinajstić information content (AvgIpc) is 2.93. The molecular formula is C15H14N2O2. The summed E-state index contributed by atoms with van der Waals surface area (Å²) in [6.45, 7) is 2.05. The molecule has 0 amide bonds. The van der Waals surface area contributed by atoms with Crippen LogP contribution in [0.4, 0.5) is 0 Å². The molecule has 0 aliphatic heterocycles. The number of hydrogen-bond acceptors (Lipinski definition) is 1. The number of carbonyl (C=O) groups is 1. The van der Waals surface area contributed by atoms with Crippen LogP contribution in [-0.2, 0) is 7.05 Å². The summed E-state index contributed by atoms with van der Waals surface area (Å²) < 4.78 is 1.70. The van der Waals surface area contributed by atoms with Gasteiger partial charge < -0.3 is 14.7 Å². The number of H-pyrrole nitrogens is 1. The Morgan fingerprint density at radius 2 is 2.05 bits per heavy atom. The first-order valence-corrected chi connectivity index (χ1v) is 6.05. The Labute approximate surface area is 110 Å². The number of nitrogens with one attached hydrogen (secondary N) is 1. The van der Waals surface area contributed by atoms with Gasteiger partial charge in [0, 0.05) is 29.7 Å². The Kier molecular flexibility index (Phi) is 2.45. The van der Waals surface area contributed by atoms with Gasteiger partial charge in [0.25, 0.3) is 0 Å². The first-order chi connectivity index (χ1) is 9.09. The molecule has 19 heavy (non-hydrogen) atoms. The summed E-state index contributed by atoms with van der Waals surface area (Å²) >= 11 is 0. The fraction of sp³-hybridized carbons (Fsp3) is 0.133. The molecule has 2 N–H and O–H groups in total. The van der Waals surface area contributed by atoms with Crippen LogP contribution in [0.15, 0.2) is 36.5 Å². The second-order valence-electron chi connectivity index (χ2n) is 4.67. The molecule has 0 saturated carbocycles. The summed E-state index contributed by atoms with van der Waals surface area (Å²) in [4.78, 5) is 14.4. The molecule has 3 aromatic rings. The van der Waals surface area contributed by atoms with Crippen LogP contribution in [0, 0.1) is 6.92 Å². The number of aryl methyl sites for hydroxylation is 1. The predicted octanol–water partition coefficient (Wildman–Crippen LogP) is 3.18. The zero-order valence-electron chi connectivity index (χ0n) is 10.8. The van der Waals surface area contributed by atoms with Gasteiger partial charge in [-0.25, -0.2) is 4.79 Å². The van der Waals surface area contributed by atoms with Crippen LogP contribution in [-0.4, -0.2) is 20.6 Å². The largest absolute Gasteiger partial charge is 0.477 e. The lowest BCUT2D eigenvalue weighted by molar-refractivity contribution is 0.0687. The molecule has 0 bridgehead atoms. The van der Waals surface area contributed by atoms with E-state index in [-0.39, 0.29) is 5.69 Å². The topological polar surface area (TPSA) is 58.0 Å². The number of carboxylic acids is 1. The Bertz CT molecular complexity index is 781. The maximum Gasteiger partial charge on any atom is 0.352 e. The fourth-order valence-electron chi connectivity index (χ4n) is 2.51. The van der Waals surface area contributed by atoms with E-state index in [9.17, 15) is 4.79 Å². The third-order valence-electron chi connectivity index (χ3n) is 3.54. The number of nitrogens with zero attached hydrogens (tertiary/aromatic N) is 1. The van der Waals surface area contributed by atoms with Gasteiger partial charge >= 0.3 is 5.97 Å². The minimum absolute atomic E-state index is 0.289. The standard InChI is InChI=1S/C15H14N2O2/c1-9-4-3-5-10-11(8-16-14(9)10)12-6-7-13(15(18)19)17(12)2/h3-8,16H,1-2H3,(H,18,19). The first kappa shape index (κ1) is 11.6. The molecule has 3 rings (SSSR count). The van der Waals surface area contributed by atoms with Crippen LogP contribution in [0.5, 0.6) is 0 Å². The minimum Gasteiger partial charge on any atom is -0.477 e. The number of aromatic amines is 1. The van der Waals surface area contributed by atoms with E-state index < -0.39 is 5.97 Å². The van der Waals surface area contributed by atoms with Crippen molar-refractivity contribution in [2.24, 2.45) is 7.05 Å². The normalized spacial score (nSPS) is 11.1. The average molecular weight is 254 g/mol. The molecule has 0 fully saturated rings. The smallest absolute Gasteiger partial charge is 0.352 e. The molecular weight excluding hydrogens is 240 g/mol. The summed E-state index contributed by atoms with van der Waals surface area (Å²) in [5, 5.41) is 10.2. The third kappa shape index (κ3) is 1.64. The van der Waals surface area contributed by atoms with Crippen LogP contribution in [0.25, 0.3) is 22.2 Å². The Balaban J connectivity index is 2.26. The summed E-state index contributed by atoms with van der Waals surface area (Å²) in [7, 11) is 1.77. The molecule has 96 valence electrons. The second-order valence-corrected chi connectivity index (χ2v) is 4.67.